The molecule has 1 aromatic rings. The van der Waals surface area contributed by atoms with Crippen LogP contribution in [0.1, 0.15) is 5.56 Å². The quantitative estimate of drug-likeness (QED) is 0.506. The number of phenolic OH excluding ortho intramolecular Hbond substituents is 1. The molecule has 0 unspecified atom stereocenters. The topological polar surface area (TPSA) is 46.2 Å². The summed E-state index contributed by atoms with van der Waals surface area (Å²) in [6, 6.07) is 5.79. The number of phenols is 1. The molecule has 2 heteroatoms. The Bertz CT molecular complexity index is 220. The molecule has 0 atom stereocenters. The average molecular weight is 122 g/mol. The Hall–Kier alpha value is -1.18. The van der Waals surface area contributed by atoms with Crippen LogP contribution in [-0.4, -0.2) is 5.11 Å². The van der Waals surface area contributed by atoms with E-state index in [0.29, 0.717) is 5.69 Å². The van der Waals surface area contributed by atoms with E-state index in [9.17, 15) is 0 Å². The van der Waals surface area contributed by atoms with Gasteiger partial charge in [-0.25, -0.2) is 0 Å². The fraction of sp³-hybridized carbons (Fsp3) is 0.143. The van der Waals surface area contributed by atoms with Crippen molar-refractivity contribution in [3.8, 4) is 5.75 Å². The number of nitrogen functional groups attached to an aromatic ring is 1. The largest absolute Gasteiger partial charge is 0.508 e. The van der Waals surface area contributed by atoms with E-state index in [1.165, 1.54) is 12.1 Å². The third-order valence-electron chi connectivity index (χ3n) is 1.17. The lowest BCUT2D eigenvalue weighted by Crippen LogP contribution is -1.87. The second kappa shape index (κ2) is 1.97. The highest BCUT2D eigenvalue weighted by Crippen LogP contribution is 2.15. The summed E-state index contributed by atoms with van der Waals surface area (Å²) >= 11 is 0. The maximum Gasteiger partial charge on any atom is 0.118 e. The molecule has 9 heavy (non-hydrogen) atoms. The van der Waals surface area contributed by atoms with E-state index in [-0.39, 0.29) is 5.75 Å². The first-order valence-corrected chi connectivity index (χ1v) is 2.67. The summed E-state index contributed by atoms with van der Waals surface area (Å²) in [6.45, 7) is 1.84. The van der Waals surface area contributed by atoms with Crippen molar-refractivity contribution in [1.82, 2.24) is 0 Å². The molecule has 1 aromatic carbocycles. The molecule has 0 saturated carbocycles. The van der Waals surface area contributed by atoms with Crippen molar-refractivity contribution in [3.63, 3.8) is 0 Å². The van der Waals surface area contributed by atoms with Gasteiger partial charge in [0.05, 0.1) is 0 Å². The molecule has 0 spiro atoms. The van der Waals surface area contributed by atoms with Crippen LogP contribution in [0.15, 0.2) is 12.1 Å². The number of aryl methyl sites for hydroxylation is 1. The maximum atomic E-state index is 8.83. The second-order valence-corrected chi connectivity index (χ2v) is 1.94. The van der Waals surface area contributed by atoms with Crippen molar-refractivity contribution in [2.45, 2.75) is 6.92 Å². The molecule has 0 aromatic heterocycles. The molecule has 47 valence electrons. The first-order chi connectivity index (χ1) is 4.20. The maximum absolute atomic E-state index is 8.83. The van der Waals surface area contributed by atoms with Gasteiger partial charge in [-0.1, -0.05) is 0 Å². The van der Waals surface area contributed by atoms with Crippen LogP contribution in [0.2, 0.25) is 0 Å². The van der Waals surface area contributed by atoms with Gasteiger partial charge < -0.3 is 10.8 Å². The summed E-state index contributed by atoms with van der Waals surface area (Å²) < 4.78 is 0. The zero-order valence-corrected chi connectivity index (χ0v) is 5.18. The van der Waals surface area contributed by atoms with Crippen LogP contribution in [0.25, 0.3) is 0 Å². The average Bonchev–Trinajstić information content (AvgIpc) is 1.80. The van der Waals surface area contributed by atoms with E-state index in [0.717, 1.165) is 5.56 Å². The summed E-state index contributed by atoms with van der Waals surface area (Å²) in [4.78, 5) is 0. The summed E-state index contributed by atoms with van der Waals surface area (Å²) in [7, 11) is 0. The molecule has 0 aliphatic carbocycles. The Balaban J connectivity index is 3.17. The van der Waals surface area contributed by atoms with Crippen molar-refractivity contribution in [3.05, 3.63) is 23.8 Å². The molecule has 0 amide bonds. The van der Waals surface area contributed by atoms with Crippen LogP contribution in [0, 0.1) is 13.0 Å². The van der Waals surface area contributed by atoms with Gasteiger partial charge in [0.25, 0.3) is 0 Å². The molecule has 0 heterocycles. The van der Waals surface area contributed by atoms with E-state index in [2.05, 4.69) is 6.07 Å². The van der Waals surface area contributed by atoms with E-state index < -0.39 is 0 Å². The number of rotatable bonds is 0. The number of hydrogen-bond donors (Lipinski definition) is 2. The number of benzene rings is 1. The van der Waals surface area contributed by atoms with Crippen molar-refractivity contribution in [1.29, 1.82) is 0 Å². The van der Waals surface area contributed by atoms with Crippen LogP contribution >= 0.6 is 0 Å². The Morgan fingerprint density at radius 1 is 1.67 bits per heavy atom. The minimum atomic E-state index is 0.165. The van der Waals surface area contributed by atoms with Crippen molar-refractivity contribution >= 4 is 5.69 Å². The summed E-state index contributed by atoms with van der Waals surface area (Å²) in [5.41, 5.74) is 6.88. The lowest BCUT2D eigenvalue weighted by atomic mass is 10.2. The Morgan fingerprint density at radius 3 is 2.78 bits per heavy atom. The van der Waals surface area contributed by atoms with Gasteiger partial charge >= 0.3 is 0 Å². The van der Waals surface area contributed by atoms with Gasteiger partial charge in [0.1, 0.15) is 5.75 Å². The molecular formula is C7H8NO. The lowest BCUT2D eigenvalue weighted by molar-refractivity contribution is 0.475. The molecule has 1 radical (unpaired) electrons. The summed E-state index contributed by atoms with van der Waals surface area (Å²) in [6.07, 6.45) is 0. The zero-order chi connectivity index (χ0) is 6.85. The smallest absolute Gasteiger partial charge is 0.118 e. The summed E-state index contributed by atoms with van der Waals surface area (Å²) in [5, 5.41) is 8.83. The zero-order valence-electron chi connectivity index (χ0n) is 5.18. The first-order valence-electron chi connectivity index (χ1n) is 2.67. The SMILES string of the molecule is Cc1[c]cc(O)cc1N. The van der Waals surface area contributed by atoms with Gasteiger partial charge in [-0.3, -0.25) is 0 Å². The van der Waals surface area contributed by atoms with Crippen LogP contribution in [-0.2, 0) is 0 Å². The Morgan fingerprint density at radius 2 is 2.33 bits per heavy atom. The summed E-state index contributed by atoms with van der Waals surface area (Å²) in [5.74, 6) is 0.165. The van der Waals surface area contributed by atoms with Gasteiger partial charge in [-0.15, -0.1) is 0 Å². The van der Waals surface area contributed by atoms with Crippen molar-refractivity contribution in [2.75, 3.05) is 5.73 Å². The molecule has 0 bridgehead atoms. The Labute approximate surface area is 53.9 Å². The highest BCUT2D eigenvalue weighted by atomic mass is 16.3. The fourth-order valence-corrected chi connectivity index (χ4v) is 0.575. The lowest BCUT2D eigenvalue weighted by Gasteiger charge is -1.96. The second-order valence-electron chi connectivity index (χ2n) is 1.94. The standard InChI is InChI=1S/C7H8NO/c1-5-2-3-6(9)4-7(5)8/h3-4,9H,8H2,1H3. The van der Waals surface area contributed by atoms with Crippen LogP contribution in [0.3, 0.4) is 0 Å². The monoisotopic (exact) mass is 122 g/mol. The van der Waals surface area contributed by atoms with Crippen molar-refractivity contribution in [2.24, 2.45) is 0 Å². The minimum absolute atomic E-state index is 0.165. The predicted octanol–water partition coefficient (Wildman–Crippen LogP) is 1.08. The molecule has 2 nitrogen and oxygen atoms in total. The van der Waals surface area contributed by atoms with Gasteiger partial charge in [-0.2, -0.15) is 0 Å². The molecule has 3 N–H and O–H groups in total. The normalized spacial score (nSPS) is 9.44. The molecule has 0 fully saturated rings. The van der Waals surface area contributed by atoms with Crippen LogP contribution < -0.4 is 5.73 Å². The number of nitrogens with two attached hydrogens (primary N) is 1. The van der Waals surface area contributed by atoms with Gasteiger partial charge in [0.15, 0.2) is 0 Å². The van der Waals surface area contributed by atoms with Gasteiger partial charge in [0.2, 0.25) is 0 Å². The number of anilines is 1. The van der Waals surface area contributed by atoms with Gasteiger partial charge in [0, 0.05) is 11.8 Å². The highest BCUT2D eigenvalue weighted by Gasteiger charge is 1.92. The first kappa shape index (κ1) is 5.95. The number of hydrogen-bond acceptors (Lipinski definition) is 2. The molecule has 0 aliphatic rings. The van der Waals surface area contributed by atoms with E-state index in [1.54, 1.807) is 0 Å². The molecule has 0 aliphatic heterocycles. The fourth-order valence-electron chi connectivity index (χ4n) is 0.575. The van der Waals surface area contributed by atoms with E-state index in [1.807, 2.05) is 6.92 Å². The molecule has 0 saturated heterocycles. The van der Waals surface area contributed by atoms with E-state index in [4.69, 9.17) is 10.8 Å². The minimum Gasteiger partial charge on any atom is -0.508 e. The molecular weight excluding hydrogens is 114 g/mol. The van der Waals surface area contributed by atoms with Crippen LogP contribution in [0.5, 0.6) is 5.75 Å². The highest BCUT2D eigenvalue weighted by molar-refractivity contribution is 5.49. The van der Waals surface area contributed by atoms with E-state index >= 15 is 0 Å². The molecule has 1 rings (SSSR count). The van der Waals surface area contributed by atoms with Crippen LogP contribution in [0.4, 0.5) is 5.69 Å². The third kappa shape index (κ3) is 1.13. The van der Waals surface area contributed by atoms with Crippen molar-refractivity contribution < 1.29 is 5.11 Å². The van der Waals surface area contributed by atoms with Gasteiger partial charge in [-0.05, 0) is 24.6 Å². The third-order valence-corrected chi connectivity index (χ3v) is 1.17. The predicted molar refractivity (Wildman–Crippen MR) is 36.1 cm³/mol. The number of aromatic hydroxyl groups is 1. The Kier molecular flexibility index (Phi) is 1.30.